The first kappa shape index (κ1) is 11.6. The van der Waals surface area contributed by atoms with Gasteiger partial charge in [0.1, 0.15) is 0 Å². The fourth-order valence-electron chi connectivity index (χ4n) is 1.64. The summed E-state index contributed by atoms with van der Waals surface area (Å²) in [6, 6.07) is -0.0959. The van der Waals surface area contributed by atoms with Gasteiger partial charge in [-0.1, -0.05) is 6.08 Å². The summed E-state index contributed by atoms with van der Waals surface area (Å²) in [5, 5.41) is 11.3. The Labute approximate surface area is 88.8 Å². The summed E-state index contributed by atoms with van der Waals surface area (Å²) in [6.45, 7) is 5.27. The van der Waals surface area contributed by atoms with Crippen molar-refractivity contribution in [1.29, 1.82) is 0 Å². The van der Waals surface area contributed by atoms with E-state index in [1.54, 1.807) is 11.0 Å². The fraction of sp³-hybridized carbons (Fsp3) is 0.600. The van der Waals surface area contributed by atoms with Gasteiger partial charge < -0.3 is 15.3 Å². The van der Waals surface area contributed by atoms with Gasteiger partial charge in [-0.15, -0.1) is 6.58 Å². The molecule has 2 N–H and O–H groups in total. The van der Waals surface area contributed by atoms with E-state index in [0.717, 1.165) is 0 Å². The van der Waals surface area contributed by atoms with Crippen molar-refractivity contribution in [2.24, 2.45) is 5.92 Å². The van der Waals surface area contributed by atoms with Gasteiger partial charge in [0.15, 0.2) is 0 Å². The minimum atomic E-state index is -0.790. The predicted molar refractivity (Wildman–Crippen MR) is 55.5 cm³/mol. The summed E-state index contributed by atoms with van der Waals surface area (Å²) in [5.41, 5.74) is 0. The van der Waals surface area contributed by atoms with Crippen molar-refractivity contribution in [1.82, 2.24) is 10.2 Å². The van der Waals surface area contributed by atoms with Gasteiger partial charge in [0.2, 0.25) is 0 Å². The highest BCUT2D eigenvalue weighted by Crippen LogP contribution is 2.12. The van der Waals surface area contributed by atoms with E-state index in [9.17, 15) is 9.59 Å². The quantitative estimate of drug-likeness (QED) is 0.658. The number of carboxylic acids is 1. The number of hydrogen-bond acceptors (Lipinski definition) is 2. The minimum Gasteiger partial charge on any atom is -0.481 e. The van der Waals surface area contributed by atoms with Crippen LogP contribution in [0.3, 0.4) is 0 Å². The van der Waals surface area contributed by atoms with Gasteiger partial charge in [0, 0.05) is 26.1 Å². The molecule has 1 aliphatic heterocycles. The number of rotatable bonds is 5. The average Bonchev–Trinajstić information content (AvgIpc) is 2.19. The van der Waals surface area contributed by atoms with Gasteiger partial charge in [-0.2, -0.15) is 0 Å². The molecular weight excluding hydrogens is 196 g/mol. The summed E-state index contributed by atoms with van der Waals surface area (Å²) >= 11 is 0. The van der Waals surface area contributed by atoms with Crippen LogP contribution in [0.1, 0.15) is 12.8 Å². The van der Waals surface area contributed by atoms with Crippen LogP contribution in [0.4, 0.5) is 4.79 Å². The van der Waals surface area contributed by atoms with E-state index in [4.69, 9.17) is 5.11 Å². The standard InChI is InChI=1S/C10H16N2O3/c1-2-5-12-7-8(3-4-9(13)14)6-11-10(12)15/h2,8H,1,3-7H2,(H,11,15)(H,13,14). The van der Waals surface area contributed by atoms with Crippen LogP contribution in [-0.2, 0) is 4.79 Å². The number of carbonyl (C=O) groups excluding carboxylic acids is 1. The smallest absolute Gasteiger partial charge is 0.317 e. The molecule has 2 amide bonds. The maximum atomic E-state index is 11.3. The first-order valence-corrected chi connectivity index (χ1v) is 4.99. The van der Waals surface area contributed by atoms with Crippen LogP contribution in [0.5, 0.6) is 0 Å². The lowest BCUT2D eigenvalue weighted by Crippen LogP contribution is -2.51. The lowest BCUT2D eigenvalue weighted by molar-refractivity contribution is -0.137. The van der Waals surface area contributed by atoms with E-state index in [1.165, 1.54) is 0 Å². The van der Waals surface area contributed by atoms with E-state index < -0.39 is 5.97 Å². The third-order valence-corrected chi connectivity index (χ3v) is 2.42. The number of aliphatic carboxylic acids is 1. The number of hydrogen-bond donors (Lipinski definition) is 2. The second-order valence-electron chi connectivity index (χ2n) is 3.68. The monoisotopic (exact) mass is 212 g/mol. The molecular formula is C10H16N2O3. The van der Waals surface area contributed by atoms with Crippen LogP contribution in [0.15, 0.2) is 12.7 Å². The van der Waals surface area contributed by atoms with E-state index >= 15 is 0 Å². The minimum absolute atomic E-state index is 0.0959. The van der Waals surface area contributed by atoms with Gasteiger partial charge in [-0.3, -0.25) is 4.79 Å². The zero-order chi connectivity index (χ0) is 11.3. The molecule has 15 heavy (non-hydrogen) atoms. The molecule has 0 bridgehead atoms. The van der Waals surface area contributed by atoms with Crippen molar-refractivity contribution in [3.05, 3.63) is 12.7 Å². The maximum Gasteiger partial charge on any atom is 0.317 e. The second kappa shape index (κ2) is 5.38. The van der Waals surface area contributed by atoms with Crippen LogP contribution < -0.4 is 5.32 Å². The Hall–Kier alpha value is -1.52. The van der Waals surface area contributed by atoms with Crippen molar-refractivity contribution >= 4 is 12.0 Å². The van der Waals surface area contributed by atoms with Gasteiger partial charge in [-0.05, 0) is 12.3 Å². The Morgan fingerprint density at radius 3 is 3.07 bits per heavy atom. The van der Waals surface area contributed by atoms with Crippen molar-refractivity contribution in [2.75, 3.05) is 19.6 Å². The first-order chi connectivity index (χ1) is 7.13. The number of nitrogens with zero attached hydrogens (tertiary/aromatic N) is 1. The second-order valence-corrected chi connectivity index (χ2v) is 3.68. The van der Waals surface area contributed by atoms with Crippen LogP contribution >= 0.6 is 0 Å². The largest absolute Gasteiger partial charge is 0.481 e. The third-order valence-electron chi connectivity index (χ3n) is 2.42. The van der Waals surface area contributed by atoms with Gasteiger partial charge in [0.05, 0.1) is 0 Å². The molecule has 0 aromatic carbocycles. The molecule has 0 aromatic rings. The predicted octanol–water partition coefficient (Wildman–Crippen LogP) is 0.679. The molecule has 1 atom stereocenters. The van der Waals surface area contributed by atoms with Crippen molar-refractivity contribution in [2.45, 2.75) is 12.8 Å². The summed E-state index contributed by atoms with van der Waals surface area (Å²) in [5.74, 6) is -0.569. The normalized spacial score (nSPS) is 20.9. The highest BCUT2D eigenvalue weighted by Gasteiger charge is 2.24. The topological polar surface area (TPSA) is 69.6 Å². The van der Waals surface area contributed by atoms with Crippen molar-refractivity contribution < 1.29 is 14.7 Å². The van der Waals surface area contributed by atoms with Gasteiger partial charge in [-0.25, -0.2) is 4.79 Å². The zero-order valence-electron chi connectivity index (χ0n) is 8.61. The molecule has 1 saturated heterocycles. The summed E-state index contributed by atoms with van der Waals surface area (Å²) < 4.78 is 0. The summed E-state index contributed by atoms with van der Waals surface area (Å²) in [4.78, 5) is 23.4. The van der Waals surface area contributed by atoms with E-state index in [2.05, 4.69) is 11.9 Å². The number of carbonyl (C=O) groups is 2. The lowest BCUT2D eigenvalue weighted by Gasteiger charge is -2.32. The molecule has 1 fully saturated rings. The van der Waals surface area contributed by atoms with Crippen molar-refractivity contribution in [3.8, 4) is 0 Å². The fourth-order valence-corrected chi connectivity index (χ4v) is 1.64. The Morgan fingerprint density at radius 2 is 2.47 bits per heavy atom. The Morgan fingerprint density at radius 1 is 1.73 bits per heavy atom. The summed E-state index contributed by atoms with van der Waals surface area (Å²) in [7, 11) is 0. The molecule has 1 heterocycles. The average molecular weight is 212 g/mol. The SMILES string of the molecule is C=CCN1CC(CCC(=O)O)CNC1=O. The number of nitrogens with one attached hydrogen (secondary N) is 1. The molecule has 0 saturated carbocycles. The third kappa shape index (κ3) is 3.61. The number of carboxylic acid groups (broad SMARTS) is 1. The first-order valence-electron chi connectivity index (χ1n) is 4.99. The molecule has 0 aromatic heterocycles. The Balaban J connectivity index is 2.39. The molecule has 0 radical (unpaired) electrons. The molecule has 5 heteroatoms. The van der Waals surface area contributed by atoms with E-state index in [1.807, 2.05) is 0 Å². The van der Waals surface area contributed by atoms with Crippen LogP contribution in [0, 0.1) is 5.92 Å². The highest BCUT2D eigenvalue weighted by molar-refractivity contribution is 5.75. The van der Waals surface area contributed by atoms with Crippen LogP contribution in [0.25, 0.3) is 0 Å². The molecule has 5 nitrogen and oxygen atoms in total. The number of amides is 2. The van der Waals surface area contributed by atoms with Crippen LogP contribution in [0.2, 0.25) is 0 Å². The molecule has 0 spiro atoms. The molecule has 1 unspecified atom stereocenters. The molecule has 84 valence electrons. The van der Waals surface area contributed by atoms with Gasteiger partial charge in [0.25, 0.3) is 0 Å². The highest BCUT2D eigenvalue weighted by atomic mass is 16.4. The Bertz CT molecular complexity index is 265. The molecule has 1 aliphatic rings. The summed E-state index contributed by atoms with van der Waals surface area (Å²) in [6.07, 6.45) is 2.42. The van der Waals surface area contributed by atoms with Crippen molar-refractivity contribution in [3.63, 3.8) is 0 Å². The maximum absolute atomic E-state index is 11.3. The zero-order valence-corrected chi connectivity index (χ0v) is 8.61. The number of urea groups is 1. The lowest BCUT2D eigenvalue weighted by atomic mass is 10.0. The van der Waals surface area contributed by atoms with Crippen LogP contribution in [-0.4, -0.2) is 41.6 Å². The Kier molecular flexibility index (Phi) is 4.15. The van der Waals surface area contributed by atoms with E-state index in [0.29, 0.717) is 26.1 Å². The molecule has 1 rings (SSSR count). The molecule has 0 aliphatic carbocycles. The van der Waals surface area contributed by atoms with Gasteiger partial charge >= 0.3 is 12.0 Å². The van der Waals surface area contributed by atoms with E-state index in [-0.39, 0.29) is 18.4 Å².